The van der Waals surface area contributed by atoms with Crippen molar-refractivity contribution in [3.8, 4) is 28.7 Å². The van der Waals surface area contributed by atoms with Crippen molar-refractivity contribution in [1.29, 1.82) is 0 Å². The number of aliphatic hydroxyl groups excluding tert-OH is 1. The van der Waals surface area contributed by atoms with Gasteiger partial charge in [0.1, 0.15) is 40.8 Å². The summed E-state index contributed by atoms with van der Waals surface area (Å²) in [4.78, 5) is 70.6. The number of carbonyl (C=O) groups excluding carboxylic acids is 5. The van der Waals surface area contributed by atoms with E-state index >= 15 is 0 Å². The number of hydrogen-bond donors (Lipinski definition) is 9. The van der Waals surface area contributed by atoms with Crippen LogP contribution in [0.4, 0.5) is 0 Å². The third-order valence-electron chi connectivity index (χ3n) is 12.0. The summed E-state index contributed by atoms with van der Waals surface area (Å²) in [5.41, 5.74) is 7.03. The molecule has 7 unspecified atom stereocenters. The van der Waals surface area contributed by atoms with Gasteiger partial charge in [0.2, 0.25) is 29.5 Å². The van der Waals surface area contributed by atoms with Crippen molar-refractivity contribution in [3.05, 3.63) is 113 Å². The van der Waals surface area contributed by atoms with E-state index in [0.29, 0.717) is 33.9 Å². The zero-order chi connectivity index (χ0) is 50.3. The van der Waals surface area contributed by atoms with Crippen molar-refractivity contribution in [2.24, 2.45) is 34.8 Å². The number of carbonyl (C=O) groups is 5. The van der Waals surface area contributed by atoms with E-state index in [1.165, 1.54) is 40.4 Å². The molecule has 0 spiro atoms. The van der Waals surface area contributed by atoms with Gasteiger partial charge < -0.3 is 56.5 Å². The maximum absolute atomic E-state index is 15.0. The molecule has 0 fully saturated rings. The highest BCUT2D eigenvalue weighted by molar-refractivity contribution is 5.93. The van der Waals surface area contributed by atoms with Crippen molar-refractivity contribution in [2.75, 3.05) is 21.3 Å². The second kappa shape index (κ2) is 24.8. The monoisotopic (exact) mass is 940 g/mol. The average molecular weight is 941 g/mol. The Labute approximate surface area is 398 Å². The van der Waals surface area contributed by atoms with Crippen LogP contribution in [-0.4, -0.2) is 90.4 Å². The third-order valence-corrected chi connectivity index (χ3v) is 12.0. The Bertz CT molecular complexity index is 2320. The fraction of sp³-hybridized carbons (Fsp3) is 0.431. The highest BCUT2D eigenvalue weighted by atomic mass is 16.5. The van der Waals surface area contributed by atoms with Gasteiger partial charge in [-0.15, -0.1) is 0 Å². The zero-order valence-electron chi connectivity index (χ0n) is 40.3. The fourth-order valence-electron chi connectivity index (χ4n) is 7.92. The summed E-state index contributed by atoms with van der Waals surface area (Å²) in [5, 5.41) is 48.2. The molecule has 7 atom stereocenters. The summed E-state index contributed by atoms with van der Waals surface area (Å²) in [6, 6.07) is 21.5. The standard InChI is InChI=1S/C51H68N6O11/c1-29(2)43(49(64)55-28-34-18-22-37(68-9)25-40(34)59)57-50(65)44(53-26-32-15-19-35(66-7)20-16-32)45(60)38(23-31-13-11-10-12-14-31)56-48(63)42(51(4,5)6)41(30(3)46(52)61)47(62)54-27-33-17-21-36(67-8)24-39(33)58/h10-22,24-25,29-30,38,41-45,53,58-60H,23,26-28H2,1-9H3,(H2,52,61)(H,54,62)(H,55,64)(H,56,63)(H,57,65). The van der Waals surface area contributed by atoms with Gasteiger partial charge >= 0.3 is 0 Å². The molecule has 368 valence electrons. The van der Waals surface area contributed by atoms with Gasteiger partial charge in [-0.3, -0.25) is 29.3 Å². The van der Waals surface area contributed by atoms with Crippen LogP contribution in [0.2, 0.25) is 0 Å². The molecule has 4 aromatic carbocycles. The summed E-state index contributed by atoms with van der Waals surface area (Å²) in [6.07, 6.45) is -1.67. The lowest BCUT2D eigenvalue weighted by molar-refractivity contribution is -0.145. The van der Waals surface area contributed by atoms with Gasteiger partial charge in [-0.25, -0.2) is 0 Å². The number of aromatic hydroxyl groups is 2. The molecule has 68 heavy (non-hydrogen) atoms. The first-order valence-corrected chi connectivity index (χ1v) is 22.4. The van der Waals surface area contributed by atoms with E-state index in [4.69, 9.17) is 19.9 Å². The van der Waals surface area contributed by atoms with E-state index in [-0.39, 0.29) is 37.6 Å². The van der Waals surface area contributed by atoms with Crippen LogP contribution in [0, 0.1) is 29.1 Å². The number of phenolic OH excluding ortho intramolecular Hbond substituents is 2. The second-order valence-corrected chi connectivity index (χ2v) is 18.2. The minimum absolute atomic E-state index is 0.0109. The maximum Gasteiger partial charge on any atom is 0.243 e. The molecule has 0 aliphatic carbocycles. The van der Waals surface area contributed by atoms with E-state index < -0.39 is 82.9 Å². The van der Waals surface area contributed by atoms with Crippen LogP contribution in [0.3, 0.4) is 0 Å². The normalized spacial score (nSPS) is 14.5. The predicted molar refractivity (Wildman–Crippen MR) is 256 cm³/mol. The Kier molecular flexibility index (Phi) is 19.6. The molecule has 17 heteroatoms. The largest absolute Gasteiger partial charge is 0.507 e. The predicted octanol–water partition coefficient (Wildman–Crippen LogP) is 3.84. The smallest absolute Gasteiger partial charge is 0.243 e. The Morgan fingerprint density at radius 2 is 1.13 bits per heavy atom. The maximum atomic E-state index is 15.0. The molecule has 4 aromatic rings. The van der Waals surface area contributed by atoms with E-state index in [1.54, 1.807) is 107 Å². The highest BCUT2D eigenvalue weighted by Gasteiger charge is 2.47. The first-order valence-electron chi connectivity index (χ1n) is 22.4. The van der Waals surface area contributed by atoms with Crippen LogP contribution < -0.4 is 46.5 Å². The molecule has 0 aromatic heterocycles. The molecule has 0 bridgehead atoms. The number of nitrogens with one attached hydrogen (secondary N) is 5. The molecule has 5 amide bonds. The minimum Gasteiger partial charge on any atom is -0.507 e. The second-order valence-electron chi connectivity index (χ2n) is 18.2. The number of nitrogens with two attached hydrogens (primary N) is 1. The molecule has 17 nitrogen and oxygen atoms in total. The van der Waals surface area contributed by atoms with Crippen molar-refractivity contribution in [2.45, 2.75) is 91.8 Å². The van der Waals surface area contributed by atoms with Crippen LogP contribution in [-0.2, 0) is 50.0 Å². The van der Waals surface area contributed by atoms with Crippen molar-refractivity contribution in [3.63, 3.8) is 0 Å². The molecule has 0 heterocycles. The molecule has 0 radical (unpaired) electrons. The Hall–Kier alpha value is -6.85. The molecule has 10 N–H and O–H groups in total. The number of ether oxygens (including phenoxy) is 3. The van der Waals surface area contributed by atoms with E-state index in [9.17, 15) is 39.3 Å². The van der Waals surface area contributed by atoms with Gasteiger partial charge in [0.25, 0.3) is 0 Å². The van der Waals surface area contributed by atoms with Crippen LogP contribution in [0.25, 0.3) is 0 Å². The summed E-state index contributed by atoms with van der Waals surface area (Å²) in [5.74, 6) is -6.49. The van der Waals surface area contributed by atoms with Crippen LogP contribution in [0.5, 0.6) is 28.7 Å². The lowest BCUT2D eigenvalue weighted by atomic mass is 9.67. The lowest BCUT2D eigenvalue weighted by Crippen LogP contribution is -2.63. The molecule has 0 saturated carbocycles. The number of rotatable bonds is 24. The number of phenols is 2. The number of primary amides is 1. The van der Waals surface area contributed by atoms with Gasteiger partial charge in [-0.1, -0.05) is 84.0 Å². The average Bonchev–Trinajstić information content (AvgIpc) is 3.30. The summed E-state index contributed by atoms with van der Waals surface area (Å²) >= 11 is 0. The van der Waals surface area contributed by atoms with Crippen LogP contribution in [0.1, 0.15) is 63.8 Å². The number of aliphatic hydroxyl groups is 1. The van der Waals surface area contributed by atoms with Gasteiger partial charge in [-0.2, -0.15) is 0 Å². The van der Waals surface area contributed by atoms with Crippen LogP contribution in [0.15, 0.2) is 91.0 Å². The van der Waals surface area contributed by atoms with E-state index in [1.807, 2.05) is 6.07 Å². The Balaban J connectivity index is 1.72. The molecule has 4 rings (SSSR count). The van der Waals surface area contributed by atoms with Crippen LogP contribution >= 0.6 is 0 Å². The SMILES string of the molecule is COc1ccc(CNC(C(=O)NC(C(=O)NCc2ccc(OC)cc2O)C(C)C)C(O)C(Cc2ccccc2)NC(=O)C(C(C(=O)NCc2ccc(OC)cc2O)C(C)C(N)=O)C(C)(C)C)cc1. The first kappa shape index (κ1) is 53.8. The van der Waals surface area contributed by atoms with Crippen molar-refractivity contribution in [1.82, 2.24) is 26.6 Å². The quantitative estimate of drug-likeness (QED) is 0.0486. The Morgan fingerprint density at radius 3 is 1.60 bits per heavy atom. The third kappa shape index (κ3) is 14.8. The highest BCUT2D eigenvalue weighted by Crippen LogP contribution is 2.37. The zero-order valence-corrected chi connectivity index (χ0v) is 40.3. The van der Waals surface area contributed by atoms with Gasteiger partial charge in [0, 0.05) is 48.8 Å². The van der Waals surface area contributed by atoms with Gasteiger partial charge in [0.05, 0.1) is 45.3 Å². The molecular weight excluding hydrogens is 873 g/mol. The van der Waals surface area contributed by atoms with E-state index in [0.717, 1.165) is 5.56 Å². The number of methoxy groups -OCH3 is 3. The number of benzene rings is 4. The molecule has 0 aliphatic rings. The first-order chi connectivity index (χ1) is 32.2. The molecular formula is C51H68N6O11. The molecule has 0 aliphatic heterocycles. The topological polar surface area (TPSA) is 260 Å². The van der Waals surface area contributed by atoms with Gasteiger partial charge in [0.15, 0.2) is 0 Å². The Morgan fingerprint density at radius 1 is 0.618 bits per heavy atom. The van der Waals surface area contributed by atoms with Crippen molar-refractivity contribution >= 4 is 29.5 Å². The van der Waals surface area contributed by atoms with Crippen molar-refractivity contribution < 1.29 is 53.5 Å². The van der Waals surface area contributed by atoms with Gasteiger partial charge in [-0.05, 0) is 65.3 Å². The lowest BCUT2D eigenvalue weighted by Gasteiger charge is -2.39. The number of hydrogen-bond acceptors (Lipinski definition) is 12. The van der Waals surface area contributed by atoms with E-state index in [2.05, 4.69) is 26.6 Å². The summed E-state index contributed by atoms with van der Waals surface area (Å²) < 4.78 is 15.6. The summed E-state index contributed by atoms with van der Waals surface area (Å²) in [7, 11) is 4.45. The molecule has 0 saturated heterocycles. The minimum atomic E-state index is -1.68. The number of amides is 5. The summed E-state index contributed by atoms with van der Waals surface area (Å²) in [6.45, 7) is 10.0. The fourth-order valence-corrected chi connectivity index (χ4v) is 7.92.